The topological polar surface area (TPSA) is 18.5 Å². The number of hydrogen-bond donors (Lipinski definition) is 0. The molecule has 0 saturated heterocycles. The molecule has 1 rings (SSSR count). The lowest BCUT2D eigenvalue weighted by Crippen LogP contribution is -2.41. The van der Waals surface area contributed by atoms with E-state index in [0.717, 1.165) is 38.5 Å². The van der Waals surface area contributed by atoms with Gasteiger partial charge in [-0.2, -0.15) is 0 Å². The Morgan fingerprint density at radius 3 is 1.39 bits per heavy atom. The monoisotopic (exact) mass is 522 g/mol. The van der Waals surface area contributed by atoms with E-state index in [-0.39, 0.29) is 6.42 Å². The molecule has 0 amide bonds. The van der Waals surface area contributed by atoms with Crippen LogP contribution >= 0.6 is 0 Å². The molecule has 0 radical (unpaired) electrons. The summed E-state index contributed by atoms with van der Waals surface area (Å²) < 4.78 is 79.5. The second-order valence-corrected chi connectivity index (χ2v) is 9.84. The van der Waals surface area contributed by atoms with Crippen molar-refractivity contribution in [3.8, 4) is 0 Å². The third kappa shape index (κ3) is 10.6. The lowest BCUT2D eigenvalue weighted by molar-refractivity contribution is -0.254. The first-order valence-electron chi connectivity index (χ1n) is 14.0. The average Bonchev–Trinajstić information content (AvgIpc) is 2.85. The van der Waals surface area contributed by atoms with E-state index in [1.807, 2.05) is 13.8 Å². The smallest absolute Gasteiger partial charge is 0.200 e. The number of rotatable bonds is 21. The summed E-state index contributed by atoms with van der Waals surface area (Å²) in [5.41, 5.74) is -0.713. The van der Waals surface area contributed by atoms with Crippen molar-refractivity contribution < 1.29 is 31.4 Å². The van der Waals surface area contributed by atoms with E-state index in [1.165, 1.54) is 38.5 Å². The number of benzene rings is 1. The van der Waals surface area contributed by atoms with Gasteiger partial charge in [0.1, 0.15) is 0 Å². The Kier molecular flexibility index (Phi) is 16.5. The third-order valence-corrected chi connectivity index (χ3v) is 7.04. The van der Waals surface area contributed by atoms with Crippen LogP contribution in [0.1, 0.15) is 123 Å². The van der Waals surface area contributed by atoms with Crippen LogP contribution in [-0.4, -0.2) is 19.0 Å². The predicted octanol–water partition coefficient (Wildman–Crippen LogP) is 9.81. The Bertz CT molecular complexity index is 706. The molecule has 1 atom stereocenters. The zero-order valence-electron chi connectivity index (χ0n) is 22.8. The van der Waals surface area contributed by atoms with Crippen LogP contribution in [0.2, 0.25) is 0 Å². The predicted molar refractivity (Wildman–Crippen MR) is 135 cm³/mol. The fourth-order valence-electron chi connectivity index (χ4n) is 4.96. The largest absolute Gasteiger partial charge is 0.350 e. The van der Waals surface area contributed by atoms with Crippen LogP contribution in [0.15, 0.2) is 0 Å². The minimum absolute atomic E-state index is 0.160. The summed E-state index contributed by atoms with van der Waals surface area (Å²) in [7, 11) is 0. The molecule has 1 unspecified atom stereocenters. The summed E-state index contributed by atoms with van der Waals surface area (Å²) >= 11 is 0. The van der Waals surface area contributed by atoms with E-state index >= 15 is 0 Å². The minimum Gasteiger partial charge on any atom is -0.350 e. The zero-order valence-corrected chi connectivity index (χ0v) is 22.8. The highest BCUT2D eigenvalue weighted by atomic mass is 19.2. The highest BCUT2D eigenvalue weighted by molar-refractivity contribution is 5.24. The summed E-state index contributed by atoms with van der Waals surface area (Å²) in [6.07, 6.45) is 14.3. The number of hydrogen-bond acceptors (Lipinski definition) is 2. The molecule has 0 aliphatic carbocycles. The van der Waals surface area contributed by atoms with Crippen LogP contribution in [0, 0.1) is 35.0 Å². The van der Waals surface area contributed by atoms with Gasteiger partial charge in [0.05, 0.1) is 0 Å². The van der Waals surface area contributed by atoms with Gasteiger partial charge in [-0.05, 0) is 46.5 Å². The van der Waals surface area contributed by atoms with E-state index in [0.29, 0.717) is 32.0 Å². The molecule has 0 bridgehead atoms. The molecule has 0 aromatic heterocycles. The van der Waals surface area contributed by atoms with E-state index < -0.39 is 40.4 Å². The molecule has 0 heterocycles. The molecule has 0 saturated carbocycles. The van der Waals surface area contributed by atoms with Crippen LogP contribution in [0.5, 0.6) is 0 Å². The summed E-state index contributed by atoms with van der Waals surface area (Å²) in [4.78, 5) is 0. The fourth-order valence-corrected chi connectivity index (χ4v) is 4.96. The Morgan fingerprint density at radius 1 is 0.556 bits per heavy atom. The van der Waals surface area contributed by atoms with Crippen molar-refractivity contribution in [2.24, 2.45) is 5.92 Å². The molecule has 210 valence electrons. The minimum atomic E-state index is -2.10. The van der Waals surface area contributed by atoms with Gasteiger partial charge in [-0.3, -0.25) is 0 Å². The maximum Gasteiger partial charge on any atom is 0.200 e. The summed E-state index contributed by atoms with van der Waals surface area (Å²) in [6, 6.07) is 0. The number of halogens is 5. The quantitative estimate of drug-likeness (QED) is 0.0526. The standard InChI is InChI=1S/C29H47F5O2/c1-5-8-9-10-13-16-19-22(29(4,35-6-2)36-7-3)20-17-14-11-12-15-18-21-23-24(30)26(32)28(34)27(33)25(23)31/h22H,5-21H2,1-4H3. The van der Waals surface area contributed by atoms with E-state index in [9.17, 15) is 22.0 Å². The number of ether oxygens (including phenoxy) is 2. The summed E-state index contributed by atoms with van der Waals surface area (Å²) in [5.74, 6) is -9.54. The molecule has 1 aromatic rings. The van der Waals surface area contributed by atoms with Crippen LogP contribution in [0.25, 0.3) is 0 Å². The van der Waals surface area contributed by atoms with E-state index in [1.54, 1.807) is 0 Å². The highest BCUT2D eigenvalue weighted by Gasteiger charge is 2.34. The molecule has 0 N–H and O–H groups in total. The first-order chi connectivity index (χ1) is 17.2. The molecule has 0 aliphatic heterocycles. The molecule has 0 spiro atoms. The molecule has 2 nitrogen and oxygen atoms in total. The van der Waals surface area contributed by atoms with Gasteiger partial charge < -0.3 is 9.47 Å². The van der Waals surface area contributed by atoms with Crippen LogP contribution in [0.3, 0.4) is 0 Å². The normalized spacial score (nSPS) is 12.9. The van der Waals surface area contributed by atoms with Crippen molar-refractivity contribution in [1.82, 2.24) is 0 Å². The van der Waals surface area contributed by atoms with Crippen molar-refractivity contribution in [1.29, 1.82) is 0 Å². The Hall–Kier alpha value is -1.21. The van der Waals surface area contributed by atoms with Crippen molar-refractivity contribution in [3.05, 3.63) is 34.6 Å². The van der Waals surface area contributed by atoms with Gasteiger partial charge in [-0.1, -0.05) is 77.6 Å². The van der Waals surface area contributed by atoms with Gasteiger partial charge in [-0.25, -0.2) is 22.0 Å². The lowest BCUT2D eigenvalue weighted by Gasteiger charge is -2.37. The second kappa shape index (κ2) is 18.1. The SMILES string of the molecule is CCCCCCCCC(CCCCCCCCc1c(F)c(F)c(F)c(F)c1F)C(C)(OCC)OCC. The molecule has 1 aromatic carbocycles. The van der Waals surface area contributed by atoms with Gasteiger partial charge in [0, 0.05) is 24.7 Å². The first kappa shape index (κ1) is 32.8. The van der Waals surface area contributed by atoms with Crippen LogP contribution < -0.4 is 0 Å². The second-order valence-electron chi connectivity index (χ2n) is 9.84. The molecule has 7 heteroatoms. The van der Waals surface area contributed by atoms with Crippen molar-refractivity contribution >= 4 is 0 Å². The Balaban J connectivity index is 2.44. The Labute approximate surface area is 215 Å². The maximum atomic E-state index is 13.8. The van der Waals surface area contributed by atoms with Gasteiger partial charge >= 0.3 is 0 Å². The van der Waals surface area contributed by atoms with Crippen molar-refractivity contribution in [2.45, 2.75) is 130 Å². The Morgan fingerprint density at radius 2 is 0.944 bits per heavy atom. The summed E-state index contributed by atoms with van der Waals surface area (Å²) in [6.45, 7) is 9.47. The fraction of sp³-hybridized carbons (Fsp3) is 0.793. The first-order valence-corrected chi connectivity index (χ1v) is 14.0. The van der Waals surface area contributed by atoms with Crippen LogP contribution in [0.4, 0.5) is 22.0 Å². The van der Waals surface area contributed by atoms with Crippen molar-refractivity contribution in [2.75, 3.05) is 13.2 Å². The van der Waals surface area contributed by atoms with Gasteiger partial charge in [0.2, 0.25) is 5.82 Å². The summed E-state index contributed by atoms with van der Waals surface area (Å²) in [5, 5.41) is 0. The van der Waals surface area contributed by atoms with E-state index in [2.05, 4.69) is 13.8 Å². The third-order valence-electron chi connectivity index (χ3n) is 7.04. The van der Waals surface area contributed by atoms with Gasteiger partial charge in [-0.15, -0.1) is 0 Å². The zero-order chi connectivity index (χ0) is 27.0. The average molecular weight is 523 g/mol. The molecular formula is C29H47F5O2. The molecular weight excluding hydrogens is 475 g/mol. The highest BCUT2D eigenvalue weighted by Crippen LogP contribution is 2.33. The van der Waals surface area contributed by atoms with Crippen LogP contribution in [-0.2, 0) is 15.9 Å². The maximum absolute atomic E-state index is 13.8. The van der Waals surface area contributed by atoms with E-state index in [4.69, 9.17) is 9.47 Å². The molecule has 36 heavy (non-hydrogen) atoms. The molecule has 0 fully saturated rings. The van der Waals surface area contributed by atoms with Crippen molar-refractivity contribution in [3.63, 3.8) is 0 Å². The van der Waals surface area contributed by atoms with Gasteiger partial charge in [0.15, 0.2) is 29.1 Å². The number of unbranched alkanes of at least 4 members (excludes halogenated alkanes) is 10. The lowest BCUT2D eigenvalue weighted by atomic mass is 9.87. The molecule has 0 aliphatic rings. The van der Waals surface area contributed by atoms with Gasteiger partial charge in [0.25, 0.3) is 0 Å².